The second-order valence-corrected chi connectivity index (χ2v) is 4.54. The zero-order valence-corrected chi connectivity index (χ0v) is 11.6. The van der Waals surface area contributed by atoms with Gasteiger partial charge >= 0.3 is 5.97 Å². The van der Waals surface area contributed by atoms with E-state index >= 15 is 0 Å². The summed E-state index contributed by atoms with van der Waals surface area (Å²) in [5.41, 5.74) is 0.684. The number of aromatic carboxylic acids is 1. The number of carbonyl (C=O) groups excluding carboxylic acids is 1. The molecule has 22 heavy (non-hydrogen) atoms. The van der Waals surface area contributed by atoms with Crippen molar-refractivity contribution in [2.45, 2.75) is 6.92 Å². The van der Waals surface area contributed by atoms with E-state index in [1.165, 1.54) is 49.4 Å². The van der Waals surface area contributed by atoms with Crippen LogP contribution in [-0.2, 0) is 0 Å². The maximum absolute atomic E-state index is 12.2. The van der Waals surface area contributed by atoms with E-state index in [-0.39, 0.29) is 22.5 Å². The van der Waals surface area contributed by atoms with E-state index in [2.05, 4.69) is 5.32 Å². The molecule has 2 aromatic carbocycles. The summed E-state index contributed by atoms with van der Waals surface area (Å²) in [5, 5.41) is 22.3. The number of benzene rings is 2. The van der Waals surface area contributed by atoms with Crippen LogP contribution in [0.1, 0.15) is 26.3 Å². The number of nitro groups is 1. The lowest BCUT2D eigenvalue weighted by Gasteiger charge is -2.09. The monoisotopic (exact) mass is 300 g/mol. The molecule has 0 aliphatic rings. The molecule has 7 heteroatoms. The number of hydrogen-bond acceptors (Lipinski definition) is 4. The second kappa shape index (κ2) is 6.04. The fourth-order valence-corrected chi connectivity index (χ4v) is 2.01. The number of anilines is 1. The van der Waals surface area contributed by atoms with Crippen LogP contribution in [0.2, 0.25) is 0 Å². The SMILES string of the molecule is Cc1c(C(=O)O)cccc1C(=O)Nc1cccc([N+](=O)[O-])c1. The van der Waals surface area contributed by atoms with Crippen molar-refractivity contribution < 1.29 is 19.6 Å². The van der Waals surface area contributed by atoms with Crippen molar-refractivity contribution in [1.82, 2.24) is 0 Å². The second-order valence-electron chi connectivity index (χ2n) is 4.54. The van der Waals surface area contributed by atoms with E-state index in [1.54, 1.807) is 0 Å². The first kappa shape index (κ1) is 15.2. The fraction of sp³-hybridized carbons (Fsp3) is 0.0667. The Balaban J connectivity index is 2.30. The molecule has 0 atom stereocenters. The average Bonchev–Trinajstić information content (AvgIpc) is 2.47. The maximum atomic E-state index is 12.2. The van der Waals surface area contributed by atoms with Crippen LogP contribution >= 0.6 is 0 Å². The van der Waals surface area contributed by atoms with Crippen molar-refractivity contribution >= 4 is 23.3 Å². The maximum Gasteiger partial charge on any atom is 0.335 e. The molecular formula is C15H12N2O5. The minimum Gasteiger partial charge on any atom is -0.478 e. The Morgan fingerprint density at radius 1 is 1.14 bits per heavy atom. The van der Waals surface area contributed by atoms with Crippen molar-refractivity contribution in [3.05, 3.63) is 69.3 Å². The highest BCUT2D eigenvalue weighted by Crippen LogP contribution is 2.19. The van der Waals surface area contributed by atoms with E-state index in [0.717, 1.165) is 0 Å². The number of nitrogens with zero attached hydrogens (tertiary/aromatic N) is 1. The summed E-state index contributed by atoms with van der Waals surface area (Å²) >= 11 is 0. The van der Waals surface area contributed by atoms with Gasteiger partial charge in [-0.25, -0.2) is 4.79 Å². The van der Waals surface area contributed by atoms with Gasteiger partial charge in [-0.3, -0.25) is 14.9 Å². The van der Waals surface area contributed by atoms with Gasteiger partial charge in [-0.15, -0.1) is 0 Å². The molecule has 7 nitrogen and oxygen atoms in total. The van der Waals surface area contributed by atoms with Gasteiger partial charge in [-0.05, 0) is 30.7 Å². The van der Waals surface area contributed by atoms with Gasteiger partial charge in [0.15, 0.2) is 0 Å². The normalized spacial score (nSPS) is 10.0. The predicted molar refractivity (Wildman–Crippen MR) is 79.2 cm³/mol. The summed E-state index contributed by atoms with van der Waals surface area (Å²) in [6.07, 6.45) is 0. The molecule has 1 amide bonds. The first-order valence-electron chi connectivity index (χ1n) is 6.29. The molecule has 0 spiro atoms. The molecule has 0 radical (unpaired) electrons. The molecule has 0 heterocycles. The number of non-ortho nitro benzene ring substituents is 1. The third-order valence-corrected chi connectivity index (χ3v) is 3.12. The molecule has 2 rings (SSSR count). The molecule has 0 aromatic heterocycles. The van der Waals surface area contributed by atoms with Crippen LogP contribution < -0.4 is 5.32 Å². The van der Waals surface area contributed by atoms with Gasteiger partial charge in [0.25, 0.3) is 11.6 Å². The summed E-state index contributed by atoms with van der Waals surface area (Å²) in [6, 6.07) is 9.88. The summed E-state index contributed by atoms with van der Waals surface area (Å²) in [7, 11) is 0. The van der Waals surface area contributed by atoms with Gasteiger partial charge < -0.3 is 10.4 Å². The van der Waals surface area contributed by atoms with E-state index in [0.29, 0.717) is 5.56 Å². The van der Waals surface area contributed by atoms with Crippen LogP contribution in [0.3, 0.4) is 0 Å². The number of rotatable bonds is 4. The Morgan fingerprint density at radius 2 is 1.77 bits per heavy atom. The largest absolute Gasteiger partial charge is 0.478 e. The number of carboxylic acid groups (broad SMARTS) is 1. The standard InChI is InChI=1S/C15H12N2O5/c1-9-12(6-3-7-13(9)15(19)20)14(18)16-10-4-2-5-11(8-10)17(21)22/h2-8H,1H3,(H,16,18)(H,19,20). The van der Waals surface area contributed by atoms with Gasteiger partial charge in [0, 0.05) is 23.4 Å². The summed E-state index contributed by atoms with van der Waals surface area (Å²) < 4.78 is 0. The fourth-order valence-electron chi connectivity index (χ4n) is 2.01. The average molecular weight is 300 g/mol. The van der Waals surface area contributed by atoms with Crippen LogP contribution in [0.25, 0.3) is 0 Å². The Morgan fingerprint density at radius 3 is 2.41 bits per heavy atom. The van der Waals surface area contributed by atoms with Crippen LogP contribution in [0.5, 0.6) is 0 Å². The summed E-state index contributed by atoms with van der Waals surface area (Å²) in [4.78, 5) is 33.4. The zero-order valence-electron chi connectivity index (χ0n) is 11.6. The predicted octanol–water partition coefficient (Wildman–Crippen LogP) is 2.85. The van der Waals surface area contributed by atoms with E-state index in [4.69, 9.17) is 5.11 Å². The Kier molecular flexibility index (Phi) is 4.17. The van der Waals surface area contributed by atoms with E-state index in [9.17, 15) is 19.7 Å². The molecule has 0 fully saturated rings. The topological polar surface area (TPSA) is 110 Å². The lowest BCUT2D eigenvalue weighted by molar-refractivity contribution is -0.384. The summed E-state index contributed by atoms with van der Waals surface area (Å²) in [6.45, 7) is 1.53. The highest BCUT2D eigenvalue weighted by atomic mass is 16.6. The third kappa shape index (κ3) is 3.09. The third-order valence-electron chi connectivity index (χ3n) is 3.12. The molecular weight excluding hydrogens is 288 g/mol. The van der Waals surface area contributed by atoms with Crippen LogP contribution in [0, 0.1) is 17.0 Å². The van der Waals surface area contributed by atoms with Crippen molar-refractivity contribution in [3.8, 4) is 0 Å². The smallest absolute Gasteiger partial charge is 0.335 e. The van der Waals surface area contributed by atoms with Gasteiger partial charge in [0.05, 0.1) is 10.5 Å². The quantitative estimate of drug-likeness (QED) is 0.666. The Labute approximate surface area is 125 Å². The molecule has 0 aliphatic carbocycles. The molecule has 0 unspecified atom stereocenters. The Bertz CT molecular complexity index is 770. The first-order valence-corrected chi connectivity index (χ1v) is 6.29. The number of nitro benzene ring substituents is 1. The lowest BCUT2D eigenvalue weighted by Crippen LogP contribution is -2.15. The zero-order chi connectivity index (χ0) is 16.3. The van der Waals surface area contributed by atoms with Gasteiger partial charge in [0.1, 0.15) is 0 Å². The van der Waals surface area contributed by atoms with Crippen molar-refractivity contribution in [2.75, 3.05) is 5.32 Å². The Hall–Kier alpha value is -3.22. The number of nitrogens with one attached hydrogen (secondary N) is 1. The van der Waals surface area contributed by atoms with Crippen LogP contribution in [0.4, 0.5) is 11.4 Å². The number of amides is 1. The van der Waals surface area contributed by atoms with Crippen molar-refractivity contribution in [1.29, 1.82) is 0 Å². The molecule has 112 valence electrons. The highest BCUT2D eigenvalue weighted by molar-refractivity contribution is 6.07. The molecule has 0 saturated carbocycles. The van der Waals surface area contributed by atoms with Gasteiger partial charge in [-0.2, -0.15) is 0 Å². The van der Waals surface area contributed by atoms with Gasteiger partial charge in [-0.1, -0.05) is 12.1 Å². The van der Waals surface area contributed by atoms with E-state index in [1.807, 2.05) is 0 Å². The molecule has 0 aliphatic heterocycles. The lowest BCUT2D eigenvalue weighted by atomic mass is 10.0. The molecule has 0 saturated heterocycles. The van der Waals surface area contributed by atoms with E-state index < -0.39 is 16.8 Å². The number of carboxylic acids is 1. The number of carbonyl (C=O) groups is 2. The van der Waals surface area contributed by atoms with Crippen LogP contribution in [0.15, 0.2) is 42.5 Å². The highest BCUT2D eigenvalue weighted by Gasteiger charge is 2.16. The van der Waals surface area contributed by atoms with Crippen molar-refractivity contribution in [3.63, 3.8) is 0 Å². The number of hydrogen-bond donors (Lipinski definition) is 2. The minimum absolute atomic E-state index is 0.0340. The van der Waals surface area contributed by atoms with Gasteiger partial charge in [0.2, 0.25) is 0 Å². The summed E-state index contributed by atoms with van der Waals surface area (Å²) in [5.74, 6) is -1.65. The first-order chi connectivity index (χ1) is 10.4. The van der Waals surface area contributed by atoms with Crippen molar-refractivity contribution in [2.24, 2.45) is 0 Å². The minimum atomic E-state index is -1.12. The molecule has 2 aromatic rings. The molecule has 2 N–H and O–H groups in total. The van der Waals surface area contributed by atoms with Crippen LogP contribution in [-0.4, -0.2) is 21.9 Å². The molecule has 0 bridgehead atoms.